The van der Waals surface area contributed by atoms with Gasteiger partial charge in [-0.2, -0.15) is 0 Å². The zero-order chi connectivity index (χ0) is 17.4. The van der Waals surface area contributed by atoms with Gasteiger partial charge in [0, 0.05) is 38.1 Å². The minimum Gasteiger partial charge on any atom is -0.508 e. The van der Waals surface area contributed by atoms with Gasteiger partial charge in [-0.25, -0.2) is 0 Å². The van der Waals surface area contributed by atoms with Crippen LogP contribution in [0.25, 0.3) is 0 Å². The van der Waals surface area contributed by atoms with E-state index >= 15 is 0 Å². The predicted molar refractivity (Wildman–Crippen MR) is 88.9 cm³/mol. The number of carbonyl (C=O) groups is 1. The largest absolute Gasteiger partial charge is 0.508 e. The lowest BCUT2D eigenvalue weighted by Crippen LogP contribution is -2.74. The van der Waals surface area contributed by atoms with Crippen LogP contribution in [0.2, 0.25) is 0 Å². The summed E-state index contributed by atoms with van der Waals surface area (Å²) in [6.45, 7) is 2.24. The molecule has 6 heteroatoms. The Hall–Kier alpha value is -1.37. The number of carbonyl (C=O) groups excluding carboxylic acids is 1. The Bertz CT molecular complexity index is 713. The van der Waals surface area contributed by atoms with Crippen molar-refractivity contribution in [1.82, 2.24) is 4.90 Å². The fraction of sp³-hybridized carbons (Fsp3) is 0.737. The summed E-state index contributed by atoms with van der Waals surface area (Å²) in [6, 6.07) is -0.00561. The molecule has 0 aromatic heterocycles. The van der Waals surface area contributed by atoms with Crippen molar-refractivity contribution in [2.45, 2.75) is 56.3 Å². The van der Waals surface area contributed by atoms with Gasteiger partial charge in [-0.1, -0.05) is 5.57 Å². The summed E-state index contributed by atoms with van der Waals surface area (Å²) in [5.41, 5.74) is 0.588. The fourth-order valence-electron chi connectivity index (χ4n) is 6.19. The summed E-state index contributed by atoms with van der Waals surface area (Å²) in [4.78, 5) is 15.0. The van der Waals surface area contributed by atoms with E-state index in [9.17, 15) is 15.0 Å². The number of likely N-dealkylation sites (tertiary alicyclic amines) is 1. The lowest BCUT2D eigenvalue weighted by molar-refractivity contribution is -0.206. The average molecular weight is 347 g/mol. The highest BCUT2D eigenvalue weighted by molar-refractivity contribution is 5.88. The molecule has 1 spiro atoms. The topological polar surface area (TPSA) is 79.2 Å². The summed E-state index contributed by atoms with van der Waals surface area (Å²) < 4.78 is 11.3. The summed E-state index contributed by atoms with van der Waals surface area (Å²) in [5, 5.41) is 22.3. The number of aliphatic hydroxyl groups is 2. The number of hydrogen-bond acceptors (Lipinski definition) is 6. The molecule has 0 amide bonds. The smallest absolute Gasteiger partial charge is 0.174 e. The Labute approximate surface area is 147 Å². The van der Waals surface area contributed by atoms with E-state index in [1.165, 1.54) is 5.57 Å². The quantitative estimate of drug-likeness (QED) is 0.804. The van der Waals surface area contributed by atoms with Crippen LogP contribution in [-0.4, -0.2) is 65.4 Å². The van der Waals surface area contributed by atoms with Gasteiger partial charge in [-0.15, -0.1) is 0 Å². The Morgan fingerprint density at radius 2 is 2.16 bits per heavy atom. The lowest BCUT2D eigenvalue weighted by atomic mass is 9.48. The number of aliphatic hydroxyl groups excluding tert-OH is 1. The van der Waals surface area contributed by atoms with Crippen molar-refractivity contribution in [3.8, 4) is 0 Å². The van der Waals surface area contributed by atoms with Gasteiger partial charge in [-0.05, 0) is 32.2 Å². The highest BCUT2D eigenvalue weighted by Gasteiger charge is 2.74. The number of piperidine rings is 1. The van der Waals surface area contributed by atoms with E-state index in [2.05, 4.69) is 4.90 Å². The zero-order valence-corrected chi connectivity index (χ0v) is 14.6. The number of ketones is 1. The first-order valence-electron chi connectivity index (χ1n) is 9.32. The number of Topliss-reactive ketones (excluding diaryl/α,β-unsaturated/α-hetero) is 1. The van der Waals surface area contributed by atoms with Crippen LogP contribution >= 0.6 is 0 Å². The van der Waals surface area contributed by atoms with E-state index in [0.717, 1.165) is 31.5 Å². The second-order valence-corrected chi connectivity index (χ2v) is 8.11. The normalized spacial score (nSPS) is 42.6. The molecule has 2 heterocycles. The van der Waals surface area contributed by atoms with E-state index in [0.29, 0.717) is 38.0 Å². The van der Waals surface area contributed by atoms with Crippen molar-refractivity contribution in [2.75, 3.05) is 26.8 Å². The van der Waals surface area contributed by atoms with Gasteiger partial charge < -0.3 is 19.7 Å². The monoisotopic (exact) mass is 347 g/mol. The molecule has 136 valence electrons. The van der Waals surface area contributed by atoms with Crippen molar-refractivity contribution >= 4 is 5.78 Å². The van der Waals surface area contributed by atoms with Gasteiger partial charge in [0.15, 0.2) is 17.6 Å². The molecule has 1 saturated carbocycles. The zero-order valence-electron chi connectivity index (χ0n) is 14.6. The standard InChI is InChI=1S/C19H25NO5/c1-24-9-8-20-7-6-18-15-11-2-3-12(21)16(15)25-17(18)13(22)4-5-19(18,23)14(20)10-11/h14,17,21,23H,2-10H2,1H3/t14?,17-,18?,19+/m0/s1. The Morgan fingerprint density at radius 1 is 1.32 bits per heavy atom. The third-order valence-electron chi connectivity index (χ3n) is 7.26. The number of ether oxygens (including phenoxy) is 2. The molecule has 3 aliphatic carbocycles. The van der Waals surface area contributed by atoms with Gasteiger partial charge >= 0.3 is 0 Å². The van der Waals surface area contributed by atoms with Crippen LogP contribution in [0.15, 0.2) is 22.7 Å². The first kappa shape index (κ1) is 15.9. The number of allylic oxidation sites excluding steroid dienone is 2. The Balaban J connectivity index is 1.69. The van der Waals surface area contributed by atoms with Crippen LogP contribution in [0.1, 0.15) is 38.5 Å². The molecule has 0 aromatic rings. The minimum atomic E-state index is -0.976. The summed E-state index contributed by atoms with van der Waals surface area (Å²) in [5.74, 6) is 0.818. The molecule has 2 unspecified atom stereocenters. The van der Waals surface area contributed by atoms with Crippen molar-refractivity contribution < 1.29 is 24.5 Å². The van der Waals surface area contributed by atoms with Crippen molar-refractivity contribution in [3.63, 3.8) is 0 Å². The second kappa shape index (κ2) is 5.09. The average Bonchev–Trinajstić information content (AvgIpc) is 2.95. The molecule has 0 radical (unpaired) electrons. The molecule has 0 aromatic carbocycles. The van der Waals surface area contributed by atoms with Gasteiger partial charge in [0.1, 0.15) is 5.76 Å². The third kappa shape index (κ3) is 1.73. The molecule has 2 N–H and O–H groups in total. The van der Waals surface area contributed by atoms with Crippen LogP contribution in [0.5, 0.6) is 0 Å². The molecule has 2 saturated heterocycles. The number of nitrogens with zero attached hydrogens (tertiary/aromatic N) is 1. The van der Waals surface area contributed by atoms with Crippen LogP contribution < -0.4 is 0 Å². The highest BCUT2D eigenvalue weighted by atomic mass is 16.5. The van der Waals surface area contributed by atoms with Crippen molar-refractivity contribution in [2.24, 2.45) is 5.41 Å². The molecule has 6 nitrogen and oxygen atoms in total. The first-order valence-corrected chi connectivity index (χ1v) is 9.32. The van der Waals surface area contributed by atoms with Crippen LogP contribution in [-0.2, 0) is 14.3 Å². The van der Waals surface area contributed by atoms with Crippen molar-refractivity contribution in [1.29, 1.82) is 0 Å². The van der Waals surface area contributed by atoms with Gasteiger partial charge in [-0.3, -0.25) is 9.69 Å². The van der Waals surface area contributed by atoms with Crippen LogP contribution in [0.4, 0.5) is 0 Å². The predicted octanol–water partition coefficient (Wildman–Crippen LogP) is 1.45. The van der Waals surface area contributed by atoms with E-state index in [1.54, 1.807) is 7.11 Å². The molecular formula is C19H25NO5. The maximum atomic E-state index is 12.7. The summed E-state index contributed by atoms with van der Waals surface area (Å²) in [6.07, 6.45) is 3.02. The summed E-state index contributed by atoms with van der Waals surface area (Å²) in [7, 11) is 1.70. The SMILES string of the molecule is COCCN1CCC23C4=C5CCC(O)=C4O[C@H]2C(=O)CC[C@@]3(O)C1C5. The lowest BCUT2D eigenvalue weighted by Gasteiger charge is -2.62. The minimum absolute atomic E-state index is 0.00561. The first-order chi connectivity index (χ1) is 12.0. The molecule has 2 aliphatic heterocycles. The Kier molecular flexibility index (Phi) is 3.22. The van der Waals surface area contributed by atoms with E-state index < -0.39 is 17.1 Å². The van der Waals surface area contributed by atoms with E-state index in [4.69, 9.17) is 9.47 Å². The molecular weight excluding hydrogens is 322 g/mol. The van der Waals surface area contributed by atoms with Gasteiger partial charge in [0.25, 0.3) is 0 Å². The highest BCUT2D eigenvalue weighted by Crippen LogP contribution is 2.67. The maximum absolute atomic E-state index is 12.7. The van der Waals surface area contributed by atoms with E-state index in [-0.39, 0.29) is 17.6 Å². The summed E-state index contributed by atoms with van der Waals surface area (Å²) >= 11 is 0. The van der Waals surface area contributed by atoms with E-state index in [1.807, 2.05) is 0 Å². The maximum Gasteiger partial charge on any atom is 0.174 e. The van der Waals surface area contributed by atoms with Crippen molar-refractivity contribution in [3.05, 3.63) is 22.7 Å². The Morgan fingerprint density at radius 3 is 2.96 bits per heavy atom. The fourth-order valence-corrected chi connectivity index (χ4v) is 6.19. The van der Waals surface area contributed by atoms with Crippen LogP contribution in [0, 0.1) is 5.41 Å². The van der Waals surface area contributed by atoms with Gasteiger partial charge in [0.2, 0.25) is 0 Å². The second-order valence-electron chi connectivity index (χ2n) is 8.11. The molecule has 25 heavy (non-hydrogen) atoms. The van der Waals surface area contributed by atoms with Gasteiger partial charge in [0.05, 0.1) is 17.6 Å². The molecule has 5 aliphatic rings. The molecule has 2 bridgehead atoms. The number of methoxy groups -OCH3 is 1. The molecule has 4 atom stereocenters. The number of rotatable bonds is 3. The van der Waals surface area contributed by atoms with Crippen LogP contribution in [0.3, 0.4) is 0 Å². The molecule has 3 fully saturated rings. The number of hydrogen-bond donors (Lipinski definition) is 2. The third-order valence-corrected chi connectivity index (χ3v) is 7.26. The molecule has 5 rings (SSSR count).